The van der Waals surface area contributed by atoms with Crippen molar-refractivity contribution in [2.24, 2.45) is 11.8 Å². The summed E-state index contributed by atoms with van der Waals surface area (Å²) in [6, 6.07) is 15.2. The third-order valence-electron chi connectivity index (χ3n) is 10.4. The fourth-order valence-electron chi connectivity index (χ4n) is 7.48. The normalized spacial score (nSPS) is 18.8. The Labute approximate surface area is 316 Å². The van der Waals surface area contributed by atoms with Crippen molar-refractivity contribution < 1.29 is 42.4 Å². The fraction of sp³-hybridized carbons (Fsp3) is 0.425. The van der Waals surface area contributed by atoms with E-state index < -0.39 is 29.9 Å². The summed E-state index contributed by atoms with van der Waals surface area (Å²) in [6.45, 7) is 2.53. The maximum atomic E-state index is 14.4. The molecule has 0 radical (unpaired) electrons. The second-order valence-corrected chi connectivity index (χ2v) is 14.4. The SMILES string of the molecule is COc1nc(-c2cccc(-c3cccc4c3CC[C@@H]4Cc3nc(OC)c(CC[C@@H](C)C(=O)O)nc3C(F)(F)F)c2Cl)ccc1CNC[C@H]1CC(=O)C(O)C1. The first kappa shape index (κ1) is 39.1. The number of ketones is 1. The van der Waals surface area contributed by atoms with Crippen LogP contribution in [0.2, 0.25) is 5.02 Å². The molecule has 2 aliphatic rings. The summed E-state index contributed by atoms with van der Waals surface area (Å²) in [6.07, 6.45) is -3.58. The Bertz CT molecular complexity index is 2040. The lowest BCUT2D eigenvalue weighted by atomic mass is 9.91. The number of aliphatic hydroxyl groups excluding tert-OH is 1. The minimum absolute atomic E-state index is 0.0140. The average Bonchev–Trinajstić information content (AvgIpc) is 3.71. The van der Waals surface area contributed by atoms with Gasteiger partial charge < -0.3 is 25.0 Å². The maximum Gasteiger partial charge on any atom is 0.435 e. The number of aliphatic hydroxyl groups is 1. The number of carboxylic acid groups (broad SMARTS) is 1. The molecule has 54 heavy (non-hydrogen) atoms. The summed E-state index contributed by atoms with van der Waals surface area (Å²) < 4.78 is 54.1. The molecule has 1 unspecified atom stereocenters. The van der Waals surface area contributed by atoms with Crippen LogP contribution in [0.5, 0.6) is 11.8 Å². The molecule has 3 N–H and O–H groups in total. The molecule has 0 amide bonds. The van der Waals surface area contributed by atoms with Crippen LogP contribution >= 0.6 is 11.6 Å². The van der Waals surface area contributed by atoms with Crippen LogP contribution in [0.25, 0.3) is 22.4 Å². The molecule has 6 rings (SSSR count). The molecule has 0 saturated heterocycles. The van der Waals surface area contributed by atoms with Gasteiger partial charge in [-0.3, -0.25) is 9.59 Å². The first-order chi connectivity index (χ1) is 25.8. The van der Waals surface area contributed by atoms with Gasteiger partial charge in [0.2, 0.25) is 11.8 Å². The first-order valence-electron chi connectivity index (χ1n) is 17.9. The number of ether oxygens (including phenoxy) is 2. The highest BCUT2D eigenvalue weighted by Gasteiger charge is 2.39. The van der Waals surface area contributed by atoms with Gasteiger partial charge >= 0.3 is 12.1 Å². The zero-order valence-corrected chi connectivity index (χ0v) is 30.9. The van der Waals surface area contributed by atoms with Crippen LogP contribution < -0.4 is 14.8 Å². The first-order valence-corrected chi connectivity index (χ1v) is 18.3. The van der Waals surface area contributed by atoms with Crippen molar-refractivity contribution in [2.75, 3.05) is 20.8 Å². The number of alkyl halides is 3. The summed E-state index contributed by atoms with van der Waals surface area (Å²) in [4.78, 5) is 36.0. The van der Waals surface area contributed by atoms with Crippen molar-refractivity contribution in [1.29, 1.82) is 0 Å². The minimum atomic E-state index is -4.77. The number of benzene rings is 2. The van der Waals surface area contributed by atoms with E-state index in [0.29, 0.717) is 60.9 Å². The Morgan fingerprint density at radius 1 is 1.00 bits per heavy atom. The van der Waals surface area contributed by atoms with E-state index in [4.69, 9.17) is 26.1 Å². The summed E-state index contributed by atoms with van der Waals surface area (Å²) in [5.74, 6) is -1.74. The maximum absolute atomic E-state index is 14.4. The predicted octanol–water partition coefficient (Wildman–Crippen LogP) is 7.25. The van der Waals surface area contributed by atoms with E-state index in [-0.39, 0.29) is 54.1 Å². The van der Waals surface area contributed by atoms with E-state index in [1.54, 1.807) is 7.11 Å². The van der Waals surface area contributed by atoms with Gasteiger partial charge in [-0.2, -0.15) is 13.2 Å². The van der Waals surface area contributed by atoms with Gasteiger partial charge in [-0.05, 0) is 79.7 Å². The quantitative estimate of drug-likeness (QED) is 0.120. The predicted molar refractivity (Wildman–Crippen MR) is 196 cm³/mol. The van der Waals surface area contributed by atoms with Crippen molar-refractivity contribution in [3.63, 3.8) is 0 Å². The number of fused-ring (bicyclic) bond motifs is 1. The van der Waals surface area contributed by atoms with Gasteiger partial charge in [0.05, 0.1) is 36.5 Å². The van der Waals surface area contributed by atoms with Crippen molar-refractivity contribution in [1.82, 2.24) is 20.3 Å². The molecule has 2 aliphatic carbocycles. The molecular formula is C40H42ClF3N4O6. The van der Waals surface area contributed by atoms with Gasteiger partial charge in [0, 0.05) is 29.7 Å². The second-order valence-electron chi connectivity index (χ2n) is 14.0. The number of aryl methyl sites for hydroxylation is 1. The average molecular weight is 767 g/mol. The molecular weight excluding hydrogens is 725 g/mol. The number of carbonyl (C=O) groups is 2. The smallest absolute Gasteiger partial charge is 0.435 e. The minimum Gasteiger partial charge on any atom is -0.481 e. The second kappa shape index (κ2) is 16.4. The van der Waals surface area contributed by atoms with E-state index in [1.165, 1.54) is 14.0 Å². The number of aromatic nitrogens is 3. The van der Waals surface area contributed by atoms with Crippen LogP contribution in [0.15, 0.2) is 48.5 Å². The topological polar surface area (TPSA) is 144 Å². The molecule has 14 heteroatoms. The van der Waals surface area contributed by atoms with E-state index in [1.807, 2.05) is 48.5 Å². The summed E-state index contributed by atoms with van der Waals surface area (Å²) in [5.41, 5.74) is 4.34. The number of nitrogens with zero attached hydrogens (tertiary/aromatic N) is 3. The zero-order valence-electron chi connectivity index (χ0n) is 30.2. The van der Waals surface area contributed by atoms with Crippen molar-refractivity contribution in [3.8, 4) is 34.1 Å². The van der Waals surface area contributed by atoms with Gasteiger partial charge in [-0.1, -0.05) is 61.0 Å². The Morgan fingerprint density at radius 2 is 1.72 bits per heavy atom. The lowest BCUT2D eigenvalue weighted by Crippen LogP contribution is -2.21. The molecule has 2 aromatic carbocycles. The Hall–Kier alpha value is -4.59. The standard InChI is InChI=1S/C40H42ClF3N4O6/c1-21(39(51)52)10-14-31-38(54-3)48-32(36(46-31)40(42,43)44)18-23-11-13-27-25(23)6-4-7-26(27)28-8-5-9-29(35(28)41)30-15-12-24(37(47-30)53-2)20-45-19-22-16-33(49)34(50)17-22/h4-9,12,15,21-23,33,45,49H,10-11,13-14,16-20H2,1-3H3,(H,51,52)/t21-,22-,23-,33?/m1/s1. The van der Waals surface area contributed by atoms with Crippen LogP contribution in [0.4, 0.5) is 13.2 Å². The number of carboxylic acids is 1. The van der Waals surface area contributed by atoms with Gasteiger partial charge in [0.15, 0.2) is 11.5 Å². The molecule has 0 aliphatic heterocycles. The Kier molecular flexibility index (Phi) is 11.9. The van der Waals surface area contributed by atoms with Crippen LogP contribution in [0.1, 0.15) is 72.3 Å². The van der Waals surface area contributed by atoms with Crippen molar-refractivity contribution in [2.45, 2.75) is 76.6 Å². The highest BCUT2D eigenvalue weighted by molar-refractivity contribution is 6.36. The van der Waals surface area contributed by atoms with Crippen LogP contribution in [-0.2, 0) is 41.6 Å². The van der Waals surface area contributed by atoms with Crippen LogP contribution in [0.3, 0.4) is 0 Å². The molecule has 2 aromatic heterocycles. The van der Waals surface area contributed by atoms with Gasteiger partial charge in [0.25, 0.3) is 0 Å². The molecule has 0 bridgehead atoms. The highest BCUT2D eigenvalue weighted by atomic mass is 35.5. The third-order valence-corrected chi connectivity index (χ3v) is 10.8. The van der Waals surface area contributed by atoms with Crippen LogP contribution in [0, 0.1) is 11.8 Å². The summed E-state index contributed by atoms with van der Waals surface area (Å²) in [5, 5.41) is 22.8. The number of pyridine rings is 1. The molecule has 1 fully saturated rings. The third kappa shape index (κ3) is 8.38. The summed E-state index contributed by atoms with van der Waals surface area (Å²) >= 11 is 7.11. The van der Waals surface area contributed by atoms with Gasteiger partial charge in [-0.15, -0.1) is 0 Å². The van der Waals surface area contributed by atoms with E-state index in [9.17, 15) is 33.0 Å². The molecule has 10 nitrogen and oxygen atoms in total. The number of carbonyl (C=O) groups excluding carboxylic acids is 1. The summed E-state index contributed by atoms with van der Waals surface area (Å²) in [7, 11) is 2.85. The zero-order chi connectivity index (χ0) is 38.7. The van der Waals surface area contributed by atoms with E-state index in [0.717, 1.165) is 27.8 Å². The van der Waals surface area contributed by atoms with E-state index >= 15 is 0 Å². The lowest BCUT2D eigenvalue weighted by Gasteiger charge is -2.19. The van der Waals surface area contributed by atoms with Crippen molar-refractivity contribution in [3.05, 3.63) is 87.3 Å². The number of halogens is 4. The monoisotopic (exact) mass is 766 g/mol. The fourth-order valence-corrected chi connectivity index (χ4v) is 7.81. The van der Waals surface area contributed by atoms with Gasteiger partial charge in [0.1, 0.15) is 11.8 Å². The lowest BCUT2D eigenvalue weighted by molar-refractivity contribution is -0.143. The number of nitrogens with one attached hydrogen (secondary N) is 1. The molecule has 0 spiro atoms. The number of rotatable bonds is 14. The number of aliphatic carboxylic acids is 1. The number of Topliss-reactive ketones (excluding diaryl/α,β-unsaturated/α-hetero) is 1. The molecule has 2 heterocycles. The van der Waals surface area contributed by atoms with Crippen molar-refractivity contribution >= 4 is 23.4 Å². The molecule has 4 aromatic rings. The molecule has 1 saturated carbocycles. The highest BCUT2D eigenvalue weighted by Crippen LogP contribution is 2.45. The molecule has 286 valence electrons. The number of hydrogen-bond donors (Lipinski definition) is 3. The van der Waals surface area contributed by atoms with E-state index in [2.05, 4.69) is 15.3 Å². The van der Waals surface area contributed by atoms with Crippen LogP contribution in [-0.4, -0.2) is 63.8 Å². The molecule has 4 atom stereocenters. The largest absolute Gasteiger partial charge is 0.481 e. The number of hydrogen-bond acceptors (Lipinski definition) is 9. The Balaban J connectivity index is 1.24. The Morgan fingerprint density at radius 3 is 2.41 bits per heavy atom. The van der Waals surface area contributed by atoms with Gasteiger partial charge in [-0.25, -0.2) is 15.0 Å². The number of methoxy groups -OCH3 is 2.